The minimum Gasteiger partial charge on any atom is -0.387 e. The highest BCUT2D eigenvalue weighted by molar-refractivity contribution is 5.32. The average molecular weight is 327 g/mol. The van der Waals surface area contributed by atoms with Crippen molar-refractivity contribution in [2.75, 3.05) is 32.7 Å². The fourth-order valence-electron chi connectivity index (χ4n) is 4.05. The zero-order valence-electron chi connectivity index (χ0n) is 14.7. The number of nitrogens with zero attached hydrogens (tertiary/aromatic N) is 3. The van der Waals surface area contributed by atoms with E-state index in [-0.39, 0.29) is 0 Å². The van der Waals surface area contributed by atoms with E-state index in [2.05, 4.69) is 22.8 Å². The number of β-amino-alcohol motifs (C(OH)–C–C–N with tert-alkyl or cyclic N) is 1. The Labute approximate surface area is 145 Å². The van der Waals surface area contributed by atoms with Gasteiger partial charge in [0.25, 0.3) is 0 Å². The number of benzene rings is 1. The molecule has 1 aliphatic carbocycles. The van der Waals surface area contributed by atoms with Crippen LogP contribution in [-0.2, 0) is 0 Å². The monoisotopic (exact) mass is 327 g/mol. The van der Waals surface area contributed by atoms with Gasteiger partial charge in [0.1, 0.15) is 0 Å². The summed E-state index contributed by atoms with van der Waals surface area (Å²) in [5, 5.41) is 19.3. The minimum atomic E-state index is -0.472. The summed E-state index contributed by atoms with van der Waals surface area (Å²) in [7, 11) is 0. The molecule has 2 aliphatic rings. The number of piperazine rings is 1. The predicted octanol–water partition coefficient (Wildman–Crippen LogP) is 2.79. The first kappa shape index (κ1) is 17.4. The second kappa shape index (κ2) is 8.11. The third-order valence-electron chi connectivity index (χ3n) is 5.76. The smallest absolute Gasteiger partial charge is 0.0991 e. The molecule has 1 saturated carbocycles. The third-order valence-corrected chi connectivity index (χ3v) is 5.76. The molecule has 1 saturated heterocycles. The van der Waals surface area contributed by atoms with Crippen molar-refractivity contribution in [3.05, 3.63) is 35.4 Å². The molecule has 0 radical (unpaired) electrons. The molecule has 1 aliphatic heterocycles. The molecule has 1 unspecified atom stereocenters. The minimum absolute atomic E-state index is 0.472. The maximum absolute atomic E-state index is 10.4. The van der Waals surface area contributed by atoms with Crippen molar-refractivity contribution >= 4 is 0 Å². The molecule has 3 rings (SSSR count). The van der Waals surface area contributed by atoms with Crippen molar-refractivity contribution < 1.29 is 5.11 Å². The summed E-state index contributed by atoms with van der Waals surface area (Å²) in [6.07, 6.45) is 4.99. The van der Waals surface area contributed by atoms with Gasteiger partial charge in [-0.1, -0.05) is 19.1 Å². The Morgan fingerprint density at radius 3 is 2.29 bits per heavy atom. The first-order valence-corrected chi connectivity index (χ1v) is 9.30. The lowest BCUT2D eigenvalue weighted by Gasteiger charge is -2.42. The Kier molecular flexibility index (Phi) is 5.89. The Balaban J connectivity index is 1.45. The van der Waals surface area contributed by atoms with Gasteiger partial charge in [-0.2, -0.15) is 5.26 Å². The largest absolute Gasteiger partial charge is 0.387 e. The fraction of sp³-hybridized carbons (Fsp3) is 0.650. The van der Waals surface area contributed by atoms with Crippen LogP contribution in [0.15, 0.2) is 24.3 Å². The van der Waals surface area contributed by atoms with Crippen LogP contribution in [0.1, 0.15) is 49.8 Å². The Morgan fingerprint density at radius 2 is 1.71 bits per heavy atom. The molecule has 0 spiro atoms. The molecule has 4 heteroatoms. The maximum atomic E-state index is 10.4. The van der Waals surface area contributed by atoms with Gasteiger partial charge >= 0.3 is 0 Å². The van der Waals surface area contributed by atoms with Gasteiger partial charge < -0.3 is 5.11 Å². The maximum Gasteiger partial charge on any atom is 0.0991 e. The highest BCUT2D eigenvalue weighted by atomic mass is 16.3. The van der Waals surface area contributed by atoms with Crippen molar-refractivity contribution in [1.82, 2.24) is 9.80 Å². The topological polar surface area (TPSA) is 50.5 Å². The third kappa shape index (κ3) is 4.36. The Bertz CT molecular complexity index is 549. The van der Waals surface area contributed by atoms with Crippen molar-refractivity contribution in [2.24, 2.45) is 5.92 Å². The molecular formula is C20H29N3O. The molecule has 2 fully saturated rings. The van der Waals surface area contributed by atoms with Crippen molar-refractivity contribution in [1.29, 1.82) is 5.26 Å². The quantitative estimate of drug-likeness (QED) is 0.924. The lowest BCUT2D eigenvalue weighted by Crippen LogP contribution is -2.51. The molecule has 0 amide bonds. The van der Waals surface area contributed by atoms with Gasteiger partial charge in [-0.25, -0.2) is 0 Å². The predicted molar refractivity (Wildman–Crippen MR) is 95.5 cm³/mol. The molecule has 1 N–H and O–H groups in total. The van der Waals surface area contributed by atoms with E-state index in [1.54, 1.807) is 12.1 Å². The van der Waals surface area contributed by atoms with Crippen molar-refractivity contribution in [2.45, 2.75) is 44.8 Å². The van der Waals surface area contributed by atoms with Crippen LogP contribution in [0.5, 0.6) is 0 Å². The molecule has 1 aromatic rings. The van der Waals surface area contributed by atoms with Gasteiger partial charge in [0.15, 0.2) is 0 Å². The zero-order valence-corrected chi connectivity index (χ0v) is 14.7. The molecule has 1 heterocycles. The second-order valence-electron chi connectivity index (χ2n) is 7.50. The standard InChI is InChI=1S/C20H29N3O/c1-16-2-8-19(9-3-16)23-12-10-22(11-13-23)15-20(24)18-6-4-17(14-21)5-7-18/h4-7,16,19-20,24H,2-3,8-13,15H2,1H3. The molecule has 1 atom stereocenters. The first-order valence-electron chi connectivity index (χ1n) is 9.30. The van der Waals surface area contributed by atoms with Crippen LogP contribution in [0.2, 0.25) is 0 Å². The van der Waals surface area contributed by atoms with E-state index in [1.807, 2.05) is 12.1 Å². The van der Waals surface area contributed by atoms with Crippen LogP contribution in [0.3, 0.4) is 0 Å². The zero-order chi connectivity index (χ0) is 16.9. The average Bonchev–Trinajstić information content (AvgIpc) is 2.63. The van der Waals surface area contributed by atoms with Crippen molar-refractivity contribution in [3.63, 3.8) is 0 Å². The normalized spacial score (nSPS) is 27.5. The SMILES string of the molecule is CC1CCC(N2CCN(CC(O)c3ccc(C#N)cc3)CC2)CC1. The van der Waals surface area contributed by atoms with Gasteiger partial charge in [-0.3, -0.25) is 9.80 Å². The van der Waals surface area contributed by atoms with Gasteiger partial charge in [0, 0.05) is 38.8 Å². The molecule has 0 aromatic heterocycles. The molecule has 24 heavy (non-hydrogen) atoms. The number of hydrogen-bond donors (Lipinski definition) is 1. The van der Waals surface area contributed by atoms with E-state index in [4.69, 9.17) is 5.26 Å². The van der Waals surface area contributed by atoms with Gasteiger partial charge in [0.05, 0.1) is 17.7 Å². The lowest BCUT2D eigenvalue weighted by atomic mass is 9.86. The number of hydrogen-bond acceptors (Lipinski definition) is 4. The number of aliphatic hydroxyl groups is 1. The van der Waals surface area contributed by atoms with E-state index < -0.39 is 6.10 Å². The van der Waals surface area contributed by atoms with E-state index in [0.717, 1.165) is 43.7 Å². The summed E-state index contributed by atoms with van der Waals surface area (Å²) in [5.74, 6) is 0.908. The summed E-state index contributed by atoms with van der Waals surface area (Å²) < 4.78 is 0. The number of aliphatic hydroxyl groups excluding tert-OH is 1. The first-order chi connectivity index (χ1) is 11.7. The van der Waals surface area contributed by atoms with Crippen LogP contribution < -0.4 is 0 Å². The molecule has 0 bridgehead atoms. The molecule has 4 nitrogen and oxygen atoms in total. The summed E-state index contributed by atoms with van der Waals surface area (Å²) in [6.45, 7) is 7.39. The van der Waals surface area contributed by atoms with Crippen LogP contribution in [0.25, 0.3) is 0 Å². The van der Waals surface area contributed by atoms with E-state index in [9.17, 15) is 5.11 Å². The Hall–Kier alpha value is -1.41. The Morgan fingerprint density at radius 1 is 1.08 bits per heavy atom. The van der Waals surface area contributed by atoms with Crippen LogP contribution >= 0.6 is 0 Å². The van der Waals surface area contributed by atoms with E-state index in [1.165, 1.54) is 25.7 Å². The van der Waals surface area contributed by atoms with Gasteiger partial charge in [-0.15, -0.1) is 0 Å². The number of nitriles is 1. The van der Waals surface area contributed by atoms with E-state index in [0.29, 0.717) is 12.1 Å². The molecular weight excluding hydrogens is 298 g/mol. The summed E-state index contributed by atoms with van der Waals surface area (Å²) in [6, 6.07) is 10.2. The van der Waals surface area contributed by atoms with E-state index >= 15 is 0 Å². The number of rotatable bonds is 4. The van der Waals surface area contributed by atoms with Gasteiger partial charge in [-0.05, 0) is 49.3 Å². The summed E-state index contributed by atoms with van der Waals surface area (Å²) >= 11 is 0. The second-order valence-corrected chi connectivity index (χ2v) is 7.50. The van der Waals surface area contributed by atoms with Gasteiger partial charge in [0.2, 0.25) is 0 Å². The summed E-state index contributed by atoms with van der Waals surface area (Å²) in [4.78, 5) is 5.03. The summed E-state index contributed by atoms with van der Waals surface area (Å²) in [5.41, 5.74) is 1.54. The van der Waals surface area contributed by atoms with Crippen LogP contribution in [0.4, 0.5) is 0 Å². The van der Waals surface area contributed by atoms with Crippen molar-refractivity contribution in [3.8, 4) is 6.07 Å². The lowest BCUT2D eigenvalue weighted by molar-refractivity contribution is 0.0439. The highest BCUT2D eigenvalue weighted by Gasteiger charge is 2.27. The highest BCUT2D eigenvalue weighted by Crippen LogP contribution is 2.28. The molecule has 130 valence electrons. The fourth-order valence-corrected chi connectivity index (χ4v) is 4.05. The van der Waals surface area contributed by atoms with Crippen LogP contribution in [-0.4, -0.2) is 53.7 Å². The van der Waals surface area contributed by atoms with Crippen LogP contribution in [0, 0.1) is 17.2 Å². The molecule has 1 aromatic carbocycles.